The van der Waals surface area contributed by atoms with E-state index in [1.807, 2.05) is 29.9 Å². The molecule has 0 bridgehead atoms. The molecule has 0 aliphatic carbocycles. The number of rotatable bonds is 11. The highest BCUT2D eigenvalue weighted by Crippen LogP contribution is 2.46. The van der Waals surface area contributed by atoms with Crippen LogP contribution in [-0.2, 0) is 0 Å². The van der Waals surface area contributed by atoms with Gasteiger partial charge in [0.05, 0.1) is 71.7 Å². The van der Waals surface area contributed by atoms with E-state index in [2.05, 4.69) is 502 Å². The Morgan fingerprint density at radius 3 is 0.717 bits per heavy atom. The van der Waals surface area contributed by atoms with Gasteiger partial charge in [0.1, 0.15) is 0 Å². The summed E-state index contributed by atoms with van der Waals surface area (Å²) in [6.07, 6.45) is 6.12. The van der Waals surface area contributed by atoms with Crippen molar-refractivity contribution in [1.29, 1.82) is 0 Å². The average Bonchev–Trinajstić information content (AvgIpc) is 1.57. The second-order valence-electron chi connectivity index (χ2n) is 35.7. The normalized spacial score (nSPS) is 11.8. The molecule has 29 aromatic rings. The lowest BCUT2D eigenvalue weighted by molar-refractivity contribution is 1.18. The van der Waals surface area contributed by atoms with Crippen molar-refractivity contribution >= 4 is 173 Å². The van der Waals surface area contributed by atoms with Crippen LogP contribution in [0.5, 0.6) is 0 Å². The summed E-state index contributed by atoms with van der Waals surface area (Å²) in [5, 5.41) is 18.3. The van der Waals surface area contributed by atoms with Crippen molar-refractivity contribution in [3.05, 3.63) is 498 Å². The van der Waals surface area contributed by atoms with Gasteiger partial charge in [-0.15, -0.1) is 11.3 Å². The Morgan fingerprint density at radius 2 is 0.370 bits per heavy atom. The van der Waals surface area contributed by atoms with Crippen LogP contribution in [0.1, 0.15) is 0 Å². The quantitative estimate of drug-likeness (QED) is 0.130. The lowest BCUT2D eigenvalue weighted by Gasteiger charge is -2.10. The first-order valence-corrected chi connectivity index (χ1v) is 47.8. The van der Waals surface area contributed by atoms with Crippen molar-refractivity contribution < 1.29 is 0 Å². The zero-order valence-electron chi connectivity index (χ0n) is 74.8. The number of para-hydroxylation sites is 10. The molecular weight excluding hydrogens is 1690 g/mol. The van der Waals surface area contributed by atoms with Crippen LogP contribution in [0.4, 0.5) is 0 Å². The molecule has 0 aliphatic rings. The third-order valence-corrected chi connectivity index (χ3v) is 29.1. The first-order valence-electron chi connectivity index (χ1n) is 47.0. The SMILES string of the molecule is c1ccc(-n2c3ccc(-c4ccc(-c5ccc6sc7ccccc7c6c5)cc4)cc3c3cnc4ccccc4c32)cc1.c1ccc(-n2c3ccccc3c3cc(-c4ccc(-c5ccc6c(c5)c5cnc7ccccc7c5n6-c5ccccc5)cc4)ccc32)cc1.c1ccc(-n2c3ccccc3c3cc(-c4cccc(-c5ccc6c(c5)c5cnc7ccccc7c5n6-c5ccccc5)c4)ccc32)cc1. The molecule has 20 aromatic carbocycles. The summed E-state index contributed by atoms with van der Waals surface area (Å²) in [6, 6.07) is 173. The van der Waals surface area contributed by atoms with E-state index in [4.69, 9.17) is 15.0 Å². The molecule has 0 saturated carbocycles. The molecule has 644 valence electrons. The minimum atomic E-state index is 1.00. The predicted octanol–water partition coefficient (Wildman–Crippen LogP) is 34.6. The maximum absolute atomic E-state index is 4.88. The number of benzene rings is 20. The maximum atomic E-state index is 4.88. The molecule has 0 aliphatic heterocycles. The van der Waals surface area contributed by atoms with Gasteiger partial charge in [0.25, 0.3) is 0 Å². The number of thiophene rings is 1. The van der Waals surface area contributed by atoms with Gasteiger partial charge in [-0.25, -0.2) is 0 Å². The Morgan fingerprint density at radius 1 is 0.138 bits per heavy atom. The van der Waals surface area contributed by atoms with E-state index in [1.165, 1.54) is 197 Å². The minimum absolute atomic E-state index is 1.00. The van der Waals surface area contributed by atoms with E-state index in [1.54, 1.807) is 0 Å². The van der Waals surface area contributed by atoms with E-state index in [-0.39, 0.29) is 0 Å². The zero-order valence-corrected chi connectivity index (χ0v) is 75.6. The molecule has 9 heterocycles. The van der Waals surface area contributed by atoms with Crippen LogP contribution in [0.25, 0.3) is 257 Å². The minimum Gasteiger partial charge on any atom is -0.309 e. The molecule has 0 fully saturated rings. The Hall–Kier alpha value is -18.2. The Labute approximate surface area is 798 Å². The fraction of sp³-hybridized carbons (Fsp3) is 0. The molecule has 138 heavy (non-hydrogen) atoms. The zero-order chi connectivity index (χ0) is 90.8. The van der Waals surface area contributed by atoms with Gasteiger partial charge in [-0.1, -0.05) is 303 Å². The number of pyridine rings is 3. The molecule has 0 saturated heterocycles. The molecule has 9 aromatic heterocycles. The summed E-state index contributed by atoms with van der Waals surface area (Å²) in [4.78, 5) is 14.6. The van der Waals surface area contributed by atoms with Crippen molar-refractivity contribution in [2.75, 3.05) is 0 Å². The number of nitrogens with zero attached hydrogens (tertiary/aromatic N) is 8. The lowest BCUT2D eigenvalue weighted by atomic mass is 9.97. The van der Waals surface area contributed by atoms with E-state index in [0.29, 0.717) is 0 Å². The van der Waals surface area contributed by atoms with E-state index < -0.39 is 0 Å². The van der Waals surface area contributed by atoms with Crippen LogP contribution < -0.4 is 0 Å². The second kappa shape index (κ2) is 32.9. The van der Waals surface area contributed by atoms with Crippen molar-refractivity contribution in [2.24, 2.45) is 0 Å². The van der Waals surface area contributed by atoms with Gasteiger partial charge < -0.3 is 22.8 Å². The largest absolute Gasteiger partial charge is 0.309 e. The summed E-state index contributed by atoms with van der Waals surface area (Å²) in [5.41, 5.74) is 35.3. The van der Waals surface area contributed by atoms with Crippen LogP contribution in [-0.4, -0.2) is 37.8 Å². The van der Waals surface area contributed by atoms with E-state index in [9.17, 15) is 0 Å². The smallest absolute Gasteiger partial charge is 0.0723 e. The number of hydrogen-bond acceptors (Lipinski definition) is 4. The highest BCUT2D eigenvalue weighted by molar-refractivity contribution is 7.25. The molecule has 0 spiro atoms. The van der Waals surface area contributed by atoms with Crippen LogP contribution in [0.2, 0.25) is 0 Å². The molecule has 0 atom stereocenters. The summed E-state index contributed by atoms with van der Waals surface area (Å²) in [7, 11) is 0. The van der Waals surface area contributed by atoms with Gasteiger partial charge in [-0.3, -0.25) is 15.0 Å². The molecule has 0 radical (unpaired) electrons. The van der Waals surface area contributed by atoms with Crippen molar-refractivity contribution in [2.45, 2.75) is 0 Å². The number of aromatic nitrogens is 8. The standard InChI is InChI=1S/2C45H29N3.C39H24N2S/c1-3-14-34(15-4-1)47-42-21-10-8-18-36(42)38-27-32(22-24-43(38)47)30-12-11-13-31(26-30)33-23-25-44-39(28-33)40-29-46-41-20-9-7-19-37(41)45(40)48(44)35-16-5-2-6-17-35;1-3-11-34(12-4-1)47-42-18-10-8-15-36(42)38-27-32(23-25-43(38)47)30-19-21-31(22-20-30)33-24-26-44-39(28-33)40-29-46-41-17-9-7-16-37(41)45(40)48(44)35-13-5-2-6-14-35;1-2-8-29(9-3-1)41-36-20-18-27(22-32(36)34-24-40-35-12-6-4-11-31(35)39(34)41)25-14-16-26(17-15-25)28-19-21-38-33(23-28)30-10-5-7-13-37(30)42-38/h2*1-29H;1-24H. The lowest BCUT2D eigenvalue weighted by Crippen LogP contribution is -1.94. The molecule has 0 amide bonds. The van der Waals surface area contributed by atoms with Gasteiger partial charge in [0.2, 0.25) is 0 Å². The summed E-state index contributed by atoms with van der Waals surface area (Å²) < 4.78 is 14.5. The van der Waals surface area contributed by atoms with Crippen molar-refractivity contribution in [1.82, 2.24) is 37.8 Å². The van der Waals surface area contributed by atoms with Crippen LogP contribution in [0, 0.1) is 0 Å². The second-order valence-corrected chi connectivity index (χ2v) is 36.8. The topological polar surface area (TPSA) is 63.3 Å². The fourth-order valence-electron chi connectivity index (χ4n) is 21.5. The van der Waals surface area contributed by atoms with Gasteiger partial charge in [-0.2, -0.15) is 0 Å². The Balaban J connectivity index is 0.000000105. The maximum Gasteiger partial charge on any atom is 0.0723 e. The van der Waals surface area contributed by atoms with Crippen molar-refractivity contribution in [3.63, 3.8) is 0 Å². The third-order valence-electron chi connectivity index (χ3n) is 27.9. The third kappa shape index (κ3) is 13.4. The molecule has 0 unspecified atom stereocenters. The molecule has 29 rings (SSSR count). The van der Waals surface area contributed by atoms with Crippen molar-refractivity contribution in [3.8, 4) is 95.2 Å². The van der Waals surface area contributed by atoms with Gasteiger partial charge in [0.15, 0.2) is 0 Å². The highest BCUT2D eigenvalue weighted by Gasteiger charge is 2.24. The summed E-state index contributed by atoms with van der Waals surface area (Å²) >= 11 is 1.86. The molecule has 0 N–H and O–H groups in total. The monoisotopic (exact) mass is 1770 g/mol. The predicted molar refractivity (Wildman–Crippen MR) is 582 cm³/mol. The van der Waals surface area contributed by atoms with E-state index in [0.717, 1.165) is 60.5 Å². The number of fused-ring (bicyclic) bond motifs is 24. The van der Waals surface area contributed by atoms with Gasteiger partial charge in [-0.05, 0) is 243 Å². The van der Waals surface area contributed by atoms with Crippen LogP contribution >= 0.6 is 11.3 Å². The highest BCUT2D eigenvalue weighted by atomic mass is 32.1. The summed E-state index contributed by atoms with van der Waals surface area (Å²) in [6.45, 7) is 0. The van der Waals surface area contributed by atoms with E-state index >= 15 is 0 Å². The Bertz CT molecular complexity index is 9880. The fourth-order valence-corrected chi connectivity index (χ4v) is 22.6. The average molecular weight is 1780 g/mol. The van der Waals surface area contributed by atoms with Crippen LogP contribution in [0.15, 0.2) is 498 Å². The molecule has 8 nitrogen and oxygen atoms in total. The number of hydrogen-bond donors (Lipinski definition) is 0. The molecular formula is C129H82N8S. The van der Waals surface area contributed by atoms with Crippen LogP contribution in [0.3, 0.4) is 0 Å². The Kier molecular flexibility index (Phi) is 19.0. The van der Waals surface area contributed by atoms with Gasteiger partial charge >= 0.3 is 0 Å². The van der Waals surface area contributed by atoms with Gasteiger partial charge in [0, 0.05) is 137 Å². The summed E-state index contributed by atoms with van der Waals surface area (Å²) in [5.74, 6) is 0. The first kappa shape index (κ1) is 79.6. The molecule has 9 heteroatoms. The first-order chi connectivity index (χ1) is 68.4.